The smallest absolute Gasteiger partial charge is 0.276 e. The van der Waals surface area contributed by atoms with E-state index in [2.05, 4.69) is 15.1 Å². The predicted octanol–water partition coefficient (Wildman–Crippen LogP) is 1.07. The number of furan rings is 1. The first-order valence-electron chi connectivity index (χ1n) is 7.55. The van der Waals surface area contributed by atoms with Gasteiger partial charge < -0.3 is 13.9 Å². The molecular weight excluding hydrogens is 348 g/mol. The number of rotatable bonds is 3. The number of hydrogen-bond acceptors (Lipinski definition) is 7. The van der Waals surface area contributed by atoms with E-state index in [9.17, 15) is 13.2 Å². The van der Waals surface area contributed by atoms with Crippen molar-refractivity contribution in [1.82, 2.24) is 19.4 Å². The summed E-state index contributed by atoms with van der Waals surface area (Å²) in [5, 5.41) is 3.37. The van der Waals surface area contributed by atoms with E-state index in [0.717, 1.165) is 0 Å². The topological polar surface area (TPSA) is 122 Å². The van der Waals surface area contributed by atoms with Crippen LogP contribution in [0.1, 0.15) is 17.1 Å². The minimum absolute atomic E-state index is 0.0285. The third-order valence-corrected chi connectivity index (χ3v) is 5.73. The third kappa shape index (κ3) is 2.68. The van der Waals surface area contributed by atoms with E-state index >= 15 is 0 Å². The summed E-state index contributed by atoms with van der Waals surface area (Å²) in [5.41, 5.74) is 0.780. The number of nitrogens with zero attached hydrogens (tertiary/aromatic N) is 3. The van der Waals surface area contributed by atoms with Crippen molar-refractivity contribution in [2.24, 2.45) is 0 Å². The van der Waals surface area contributed by atoms with Crippen LogP contribution in [0.4, 0.5) is 0 Å². The summed E-state index contributed by atoms with van der Waals surface area (Å²) in [6.07, 6.45) is 1.74. The van der Waals surface area contributed by atoms with Gasteiger partial charge in [-0.2, -0.15) is 4.31 Å². The summed E-state index contributed by atoms with van der Waals surface area (Å²) < 4.78 is 37.3. The lowest BCUT2D eigenvalue weighted by Crippen LogP contribution is -2.39. The summed E-state index contributed by atoms with van der Waals surface area (Å²) in [4.78, 5) is 18.8. The molecular formula is C15H14N4O5S. The number of sulfonamides is 1. The minimum atomic E-state index is -3.85. The molecule has 0 aliphatic carbocycles. The molecule has 1 aliphatic rings. The van der Waals surface area contributed by atoms with Crippen molar-refractivity contribution in [1.29, 1.82) is 0 Å². The Morgan fingerprint density at radius 2 is 2.08 bits per heavy atom. The monoisotopic (exact) mass is 362 g/mol. The molecule has 1 N–H and O–H groups in total. The fourth-order valence-corrected chi connectivity index (χ4v) is 4.12. The highest BCUT2D eigenvalue weighted by Crippen LogP contribution is 2.28. The van der Waals surface area contributed by atoms with Crippen LogP contribution >= 0.6 is 0 Å². The van der Waals surface area contributed by atoms with Crippen LogP contribution < -0.4 is 5.56 Å². The summed E-state index contributed by atoms with van der Waals surface area (Å²) >= 11 is 0. The van der Waals surface area contributed by atoms with Crippen molar-refractivity contribution in [2.45, 2.75) is 25.0 Å². The number of hydrogen-bond donors (Lipinski definition) is 1. The van der Waals surface area contributed by atoms with Crippen LogP contribution in [0.3, 0.4) is 0 Å². The lowest BCUT2D eigenvalue weighted by molar-refractivity contribution is 0.356. The molecule has 0 spiro atoms. The molecule has 0 radical (unpaired) electrons. The lowest BCUT2D eigenvalue weighted by Gasteiger charge is -2.25. The summed E-state index contributed by atoms with van der Waals surface area (Å²) in [6, 6.07) is 4.46. The van der Waals surface area contributed by atoms with Crippen molar-refractivity contribution in [3.05, 3.63) is 51.8 Å². The van der Waals surface area contributed by atoms with E-state index in [0.29, 0.717) is 29.3 Å². The maximum atomic E-state index is 12.8. The molecule has 3 aromatic heterocycles. The molecule has 0 aromatic carbocycles. The zero-order chi connectivity index (χ0) is 17.6. The first kappa shape index (κ1) is 15.8. The quantitative estimate of drug-likeness (QED) is 0.739. The van der Waals surface area contributed by atoms with Gasteiger partial charge in [0.25, 0.3) is 15.6 Å². The Morgan fingerprint density at radius 1 is 1.24 bits per heavy atom. The second kappa shape index (κ2) is 5.67. The molecule has 10 heteroatoms. The minimum Gasteiger partial charge on any atom is -0.440 e. The number of aromatic nitrogens is 3. The molecule has 0 amide bonds. The second-order valence-electron chi connectivity index (χ2n) is 5.66. The molecule has 0 saturated carbocycles. The Bertz CT molecular complexity index is 1080. The summed E-state index contributed by atoms with van der Waals surface area (Å²) in [5.74, 6) is 1.07. The van der Waals surface area contributed by atoms with Gasteiger partial charge in [-0.05, 0) is 25.5 Å². The summed E-state index contributed by atoms with van der Waals surface area (Å²) in [6.45, 7) is 1.87. The van der Waals surface area contributed by atoms with Gasteiger partial charge in [0.2, 0.25) is 10.9 Å². The van der Waals surface area contributed by atoms with Crippen molar-refractivity contribution < 1.29 is 17.4 Å². The molecule has 0 saturated heterocycles. The van der Waals surface area contributed by atoms with Gasteiger partial charge in [0.1, 0.15) is 5.82 Å². The fraction of sp³-hybridized carbons (Fsp3) is 0.267. The van der Waals surface area contributed by atoms with Crippen LogP contribution in [0, 0.1) is 6.92 Å². The van der Waals surface area contributed by atoms with Gasteiger partial charge >= 0.3 is 0 Å². The fourth-order valence-electron chi connectivity index (χ4n) is 2.81. The first-order valence-corrected chi connectivity index (χ1v) is 8.99. The zero-order valence-electron chi connectivity index (χ0n) is 13.2. The van der Waals surface area contributed by atoms with Gasteiger partial charge in [-0.25, -0.2) is 13.4 Å². The van der Waals surface area contributed by atoms with Crippen LogP contribution in [0.2, 0.25) is 0 Å². The average molecular weight is 362 g/mol. The SMILES string of the molecule is Cc1nc2c(c(=O)[nH]1)CCN(S(=O)(=O)c1ccc(-c3ccno3)o1)C2. The highest BCUT2D eigenvalue weighted by molar-refractivity contribution is 7.89. The van der Waals surface area contributed by atoms with Gasteiger partial charge in [0.15, 0.2) is 5.76 Å². The number of H-pyrrole nitrogens is 1. The van der Waals surface area contributed by atoms with E-state index in [-0.39, 0.29) is 29.5 Å². The van der Waals surface area contributed by atoms with Crippen LogP contribution in [0.15, 0.2) is 43.2 Å². The lowest BCUT2D eigenvalue weighted by atomic mass is 10.1. The van der Waals surface area contributed by atoms with E-state index in [1.807, 2.05) is 0 Å². The molecule has 0 fully saturated rings. The highest BCUT2D eigenvalue weighted by atomic mass is 32.2. The zero-order valence-corrected chi connectivity index (χ0v) is 14.0. The Labute approximate surface area is 142 Å². The average Bonchev–Trinajstić information content (AvgIpc) is 3.25. The van der Waals surface area contributed by atoms with Crippen molar-refractivity contribution in [3.8, 4) is 11.5 Å². The molecule has 3 aromatic rings. The molecule has 9 nitrogen and oxygen atoms in total. The molecule has 1 aliphatic heterocycles. The van der Waals surface area contributed by atoms with E-state index in [1.165, 1.54) is 22.6 Å². The standard InChI is InChI=1S/C15H14N4O5S/c1-9-17-11-8-19(7-5-10(11)15(20)18-9)25(21,22)14-3-2-12(23-14)13-4-6-16-24-13/h2-4,6H,5,7-8H2,1H3,(H,17,18,20). The Morgan fingerprint density at radius 3 is 2.84 bits per heavy atom. The number of aromatic amines is 1. The third-order valence-electron chi connectivity index (χ3n) is 4.01. The Balaban J connectivity index is 1.66. The molecule has 130 valence electrons. The van der Waals surface area contributed by atoms with E-state index < -0.39 is 10.0 Å². The van der Waals surface area contributed by atoms with Crippen LogP contribution in [-0.2, 0) is 23.0 Å². The maximum Gasteiger partial charge on any atom is 0.276 e. The normalized spacial score (nSPS) is 15.2. The molecule has 25 heavy (non-hydrogen) atoms. The largest absolute Gasteiger partial charge is 0.440 e. The molecule has 4 rings (SSSR count). The van der Waals surface area contributed by atoms with Crippen molar-refractivity contribution in [2.75, 3.05) is 6.54 Å². The second-order valence-corrected chi connectivity index (χ2v) is 7.53. The van der Waals surface area contributed by atoms with Crippen LogP contribution in [0.25, 0.3) is 11.5 Å². The van der Waals surface area contributed by atoms with Gasteiger partial charge in [-0.15, -0.1) is 0 Å². The Kier molecular flexibility index (Phi) is 3.58. The maximum absolute atomic E-state index is 12.8. The van der Waals surface area contributed by atoms with Crippen molar-refractivity contribution >= 4 is 10.0 Å². The van der Waals surface area contributed by atoms with Crippen LogP contribution in [-0.4, -0.2) is 34.4 Å². The molecule has 0 bridgehead atoms. The molecule has 0 unspecified atom stereocenters. The van der Waals surface area contributed by atoms with Gasteiger partial charge in [-0.3, -0.25) is 4.79 Å². The van der Waals surface area contributed by atoms with E-state index in [4.69, 9.17) is 8.94 Å². The number of aryl methyl sites for hydroxylation is 1. The molecule has 4 heterocycles. The number of fused-ring (bicyclic) bond motifs is 1. The van der Waals surface area contributed by atoms with Crippen molar-refractivity contribution in [3.63, 3.8) is 0 Å². The van der Waals surface area contributed by atoms with Gasteiger partial charge in [-0.1, -0.05) is 5.16 Å². The highest BCUT2D eigenvalue weighted by Gasteiger charge is 2.32. The first-order chi connectivity index (χ1) is 11.9. The Hall–Kier alpha value is -2.72. The van der Waals surface area contributed by atoms with Gasteiger partial charge in [0.05, 0.1) is 18.4 Å². The van der Waals surface area contributed by atoms with Crippen LogP contribution in [0.5, 0.6) is 0 Å². The van der Waals surface area contributed by atoms with Gasteiger partial charge in [0, 0.05) is 18.2 Å². The predicted molar refractivity (Wildman–Crippen MR) is 85.1 cm³/mol. The molecule has 0 atom stereocenters. The number of nitrogens with one attached hydrogen (secondary N) is 1. The van der Waals surface area contributed by atoms with E-state index in [1.54, 1.807) is 13.0 Å². The summed E-state index contributed by atoms with van der Waals surface area (Å²) in [7, 11) is -3.85.